The number of phosphoric acid groups is 2. The number of rotatable bonds is 71. The van der Waals surface area contributed by atoms with Crippen LogP contribution in [0.2, 0.25) is 0 Å². The summed E-state index contributed by atoms with van der Waals surface area (Å²) in [6, 6.07) is 0. The lowest BCUT2D eigenvalue weighted by molar-refractivity contribution is -0.161. The van der Waals surface area contributed by atoms with Crippen LogP contribution in [0.3, 0.4) is 0 Å². The molecule has 4 unspecified atom stereocenters. The van der Waals surface area contributed by atoms with Crippen LogP contribution in [0.5, 0.6) is 0 Å². The number of carbonyl (C=O) groups excluding carboxylic acids is 4. The first-order valence-corrected chi connectivity index (χ1v) is 41.2. The van der Waals surface area contributed by atoms with Gasteiger partial charge in [-0.1, -0.05) is 304 Å². The standard InChI is InChI=1S/C75H142O17P2/c1-8-11-12-13-14-15-16-17-18-19-23-29-34-42-49-56-72(77)85-62-70(91-75(80)59-52-45-36-31-26-25-28-33-40-47-54-67(6)9-2)64-89-93(81,82)87-60-69(76)61-88-94(83,84)90-65-71(63-86-73(78)57-50-43-38-37-41-48-55-68(7)10-3)92-74(79)58-51-44-35-30-24-21-20-22-27-32-39-46-53-66(4)5/h15-18,66-71,76H,8-14,19-65H2,1-7H3,(H,81,82)(H,83,84)/b16-15-,18-17-/t67?,68?,69-,70-,71-/m1/s1. The molecule has 0 aliphatic rings. The quantitative estimate of drug-likeness (QED) is 0.0169. The van der Waals surface area contributed by atoms with E-state index in [9.17, 15) is 43.2 Å². The fraction of sp³-hybridized carbons (Fsp3) is 0.893. The maximum atomic E-state index is 13.1. The van der Waals surface area contributed by atoms with E-state index < -0.39 is 97.5 Å². The second-order valence-corrected chi connectivity index (χ2v) is 30.2. The molecule has 94 heavy (non-hydrogen) atoms. The molecule has 0 amide bonds. The van der Waals surface area contributed by atoms with E-state index in [4.69, 9.17) is 37.0 Å². The predicted octanol–water partition coefficient (Wildman–Crippen LogP) is 21.3. The number of esters is 4. The molecule has 17 nitrogen and oxygen atoms in total. The second-order valence-electron chi connectivity index (χ2n) is 27.3. The van der Waals surface area contributed by atoms with Gasteiger partial charge in [0.05, 0.1) is 26.4 Å². The van der Waals surface area contributed by atoms with Crippen molar-refractivity contribution in [1.29, 1.82) is 0 Å². The highest BCUT2D eigenvalue weighted by atomic mass is 31.2. The Morgan fingerprint density at radius 3 is 0.947 bits per heavy atom. The predicted molar refractivity (Wildman–Crippen MR) is 381 cm³/mol. The fourth-order valence-corrected chi connectivity index (χ4v) is 12.4. The van der Waals surface area contributed by atoms with Gasteiger partial charge >= 0.3 is 39.5 Å². The molecule has 19 heteroatoms. The van der Waals surface area contributed by atoms with Crippen LogP contribution in [0.4, 0.5) is 0 Å². The van der Waals surface area contributed by atoms with E-state index in [0.29, 0.717) is 25.7 Å². The van der Waals surface area contributed by atoms with Crippen molar-refractivity contribution in [3.8, 4) is 0 Å². The van der Waals surface area contributed by atoms with Gasteiger partial charge in [0.2, 0.25) is 0 Å². The SMILES string of the molecule is CCCCCC/C=C\C=C/CCCCCCCC(=O)OC[C@H](COP(=O)(O)OC[C@@H](O)COP(=O)(O)OC[C@@H](COC(=O)CCCCCCCCC(C)CC)OC(=O)CCCCCCCCCCCCCCC(C)C)OC(=O)CCCCCCCCCCCCC(C)CC. The molecule has 0 aliphatic heterocycles. The lowest BCUT2D eigenvalue weighted by Gasteiger charge is -2.21. The van der Waals surface area contributed by atoms with Gasteiger partial charge in [-0.2, -0.15) is 0 Å². The van der Waals surface area contributed by atoms with Crippen molar-refractivity contribution in [2.75, 3.05) is 39.6 Å². The van der Waals surface area contributed by atoms with Crippen LogP contribution in [0.1, 0.15) is 357 Å². The van der Waals surface area contributed by atoms with Gasteiger partial charge in [0.25, 0.3) is 0 Å². The minimum atomic E-state index is -4.96. The van der Waals surface area contributed by atoms with E-state index in [1.165, 1.54) is 141 Å². The summed E-state index contributed by atoms with van der Waals surface area (Å²) in [4.78, 5) is 72.8. The van der Waals surface area contributed by atoms with Crippen molar-refractivity contribution in [1.82, 2.24) is 0 Å². The van der Waals surface area contributed by atoms with Crippen molar-refractivity contribution in [2.24, 2.45) is 17.8 Å². The third-order valence-corrected chi connectivity index (χ3v) is 19.4. The van der Waals surface area contributed by atoms with E-state index in [1.807, 2.05) is 0 Å². The number of hydrogen-bond acceptors (Lipinski definition) is 15. The summed E-state index contributed by atoms with van der Waals surface area (Å²) in [5.74, 6) is 0.154. The molecule has 0 radical (unpaired) electrons. The molecule has 0 aromatic heterocycles. The number of ether oxygens (including phenoxy) is 4. The zero-order valence-electron chi connectivity index (χ0n) is 60.9. The lowest BCUT2D eigenvalue weighted by atomic mass is 9.99. The highest BCUT2D eigenvalue weighted by Crippen LogP contribution is 2.45. The molecular weight excluding hydrogens is 1230 g/mol. The number of aliphatic hydroxyl groups excluding tert-OH is 1. The first-order chi connectivity index (χ1) is 45.3. The van der Waals surface area contributed by atoms with Gasteiger partial charge in [-0.05, 0) is 69.1 Å². The van der Waals surface area contributed by atoms with Crippen LogP contribution in [0.25, 0.3) is 0 Å². The molecule has 0 saturated heterocycles. The van der Waals surface area contributed by atoms with E-state index in [0.717, 1.165) is 133 Å². The monoisotopic (exact) mass is 1380 g/mol. The molecule has 0 rings (SSSR count). The van der Waals surface area contributed by atoms with Gasteiger partial charge in [-0.15, -0.1) is 0 Å². The maximum Gasteiger partial charge on any atom is 0.472 e. The smallest absolute Gasteiger partial charge is 0.462 e. The molecule has 0 heterocycles. The van der Waals surface area contributed by atoms with Crippen molar-refractivity contribution >= 4 is 39.5 Å². The second kappa shape index (κ2) is 65.2. The van der Waals surface area contributed by atoms with Gasteiger partial charge < -0.3 is 33.8 Å². The van der Waals surface area contributed by atoms with Crippen LogP contribution in [0.15, 0.2) is 24.3 Å². The lowest BCUT2D eigenvalue weighted by Crippen LogP contribution is -2.30. The summed E-state index contributed by atoms with van der Waals surface area (Å²) in [5.41, 5.74) is 0. The first-order valence-electron chi connectivity index (χ1n) is 38.2. The molecule has 554 valence electrons. The highest BCUT2D eigenvalue weighted by Gasteiger charge is 2.30. The normalized spacial score (nSPS) is 14.8. The third-order valence-electron chi connectivity index (χ3n) is 17.5. The van der Waals surface area contributed by atoms with E-state index in [2.05, 4.69) is 72.8 Å². The Labute approximate surface area is 573 Å². The Hall–Kier alpha value is -2.46. The topological polar surface area (TPSA) is 237 Å². The third kappa shape index (κ3) is 65.5. The zero-order chi connectivity index (χ0) is 69.4. The summed E-state index contributed by atoms with van der Waals surface area (Å²) in [6.07, 6.45) is 53.4. The Kier molecular flexibility index (Phi) is 63.5. The molecule has 0 spiro atoms. The van der Waals surface area contributed by atoms with Crippen LogP contribution < -0.4 is 0 Å². The minimum absolute atomic E-state index is 0.0990. The summed E-state index contributed by atoms with van der Waals surface area (Å²) >= 11 is 0. The van der Waals surface area contributed by atoms with Crippen molar-refractivity contribution in [3.63, 3.8) is 0 Å². The fourth-order valence-electron chi connectivity index (χ4n) is 10.8. The molecule has 0 aromatic carbocycles. The Morgan fingerprint density at radius 1 is 0.351 bits per heavy atom. The molecular formula is C75H142O17P2. The van der Waals surface area contributed by atoms with E-state index in [-0.39, 0.29) is 25.7 Å². The summed E-state index contributed by atoms with van der Waals surface area (Å²) < 4.78 is 68.4. The number of carbonyl (C=O) groups is 4. The van der Waals surface area contributed by atoms with Crippen LogP contribution in [-0.2, 0) is 65.4 Å². The van der Waals surface area contributed by atoms with Gasteiger partial charge in [0.15, 0.2) is 12.2 Å². The molecule has 0 saturated carbocycles. The van der Waals surface area contributed by atoms with E-state index >= 15 is 0 Å². The molecule has 0 fully saturated rings. The molecule has 0 aliphatic carbocycles. The number of phosphoric ester groups is 2. The molecule has 3 N–H and O–H groups in total. The number of aliphatic hydroxyl groups is 1. The van der Waals surface area contributed by atoms with Crippen molar-refractivity contribution in [3.05, 3.63) is 24.3 Å². The summed E-state index contributed by atoms with van der Waals surface area (Å²) in [7, 11) is -9.92. The summed E-state index contributed by atoms with van der Waals surface area (Å²) in [6.45, 7) is 11.8. The van der Waals surface area contributed by atoms with Crippen LogP contribution in [-0.4, -0.2) is 96.7 Å². The number of allylic oxidation sites excluding steroid dienone is 4. The maximum absolute atomic E-state index is 13.1. The average Bonchev–Trinajstić information content (AvgIpc) is 1.40. The average molecular weight is 1380 g/mol. The Morgan fingerprint density at radius 2 is 0.628 bits per heavy atom. The van der Waals surface area contributed by atoms with Gasteiger partial charge in [0, 0.05) is 25.7 Å². The number of unbranched alkanes of at least 4 members (excludes halogenated alkanes) is 34. The van der Waals surface area contributed by atoms with Crippen LogP contribution in [0, 0.1) is 17.8 Å². The van der Waals surface area contributed by atoms with Gasteiger partial charge in [0.1, 0.15) is 19.3 Å². The van der Waals surface area contributed by atoms with Crippen molar-refractivity contribution in [2.45, 2.75) is 375 Å². The highest BCUT2D eigenvalue weighted by molar-refractivity contribution is 7.47. The molecule has 0 bridgehead atoms. The first kappa shape index (κ1) is 91.5. The minimum Gasteiger partial charge on any atom is -0.462 e. The largest absolute Gasteiger partial charge is 0.472 e. The van der Waals surface area contributed by atoms with Gasteiger partial charge in [-0.25, -0.2) is 9.13 Å². The number of hydrogen-bond donors (Lipinski definition) is 3. The zero-order valence-corrected chi connectivity index (χ0v) is 62.7. The molecule has 7 atom stereocenters. The Balaban J connectivity index is 5.30. The Bertz CT molecular complexity index is 1930. The molecule has 0 aromatic rings. The van der Waals surface area contributed by atoms with Crippen molar-refractivity contribution < 1.29 is 80.2 Å². The van der Waals surface area contributed by atoms with Gasteiger partial charge in [-0.3, -0.25) is 37.3 Å². The van der Waals surface area contributed by atoms with E-state index in [1.54, 1.807) is 0 Å². The summed E-state index contributed by atoms with van der Waals surface area (Å²) in [5, 5.41) is 10.6. The van der Waals surface area contributed by atoms with Crippen LogP contribution >= 0.6 is 15.6 Å².